The summed E-state index contributed by atoms with van der Waals surface area (Å²) in [6, 6.07) is 24.1. The van der Waals surface area contributed by atoms with E-state index in [0.717, 1.165) is 22.2 Å². The molecule has 4 rings (SSSR count). The first-order valence-electron chi connectivity index (χ1n) is 10.6. The summed E-state index contributed by atoms with van der Waals surface area (Å²) in [5.41, 5.74) is 5.36. The number of aromatic nitrogens is 2. The highest BCUT2D eigenvalue weighted by atomic mass is 16.5. The van der Waals surface area contributed by atoms with Crippen LogP contribution in [0.1, 0.15) is 29.4 Å². The molecule has 0 atom stereocenters. The average Bonchev–Trinajstić information content (AvgIpc) is 3.19. The Hall–Kier alpha value is -4.04. The first kappa shape index (κ1) is 21.2. The van der Waals surface area contributed by atoms with Crippen molar-refractivity contribution in [1.29, 1.82) is 5.26 Å². The largest absolute Gasteiger partial charge is 0.493 e. The summed E-state index contributed by atoms with van der Waals surface area (Å²) in [6.07, 6.45) is 1.82. The molecule has 0 spiro atoms. The Morgan fingerprint density at radius 1 is 1.09 bits per heavy atom. The van der Waals surface area contributed by atoms with Gasteiger partial charge in [-0.1, -0.05) is 54.1 Å². The monoisotopic (exact) mass is 423 g/mol. The van der Waals surface area contributed by atoms with Crippen LogP contribution in [0.2, 0.25) is 0 Å². The number of aryl methyl sites for hydroxylation is 2. The first-order chi connectivity index (χ1) is 15.6. The average molecular weight is 424 g/mol. The van der Waals surface area contributed by atoms with Crippen LogP contribution >= 0.6 is 0 Å². The smallest absolute Gasteiger partial charge is 0.168 e. The highest BCUT2D eigenvalue weighted by Gasteiger charge is 2.16. The molecule has 0 aliphatic carbocycles. The van der Waals surface area contributed by atoms with Crippen LogP contribution in [-0.4, -0.2) is 16.7 Å². The maximum absolute atomic E-state index is 10.00. The zero-order chi connectivity index (χ0) is 22.5. The lowest BCUT2D eigenvalue weighted by Gasteiger charge is -2.14. The van der Waals surface area contributed by atoms with Gasteiger partial charge in [-0.05, 0) is 43.7 Å². The molecule has 0 fully saturated rings. The van der Waals surface area contributed by atoms with Crippen molar-refractivity contribution in [3.63, 3.8) is 0 Å². The molecule has 0 radical (unpaired) electrons. The van der Waals surface area contributed by atoms with Crippen molar-refractivity contribution >= 4 is 22.7 Å². The van der Waals surface area contributed by atoms with Gasteiger partial charge >= 0.3 is 0 Å². The van der Waals surface area contributed by atoms with Crippen molar-refractivity contribution in [1.82, 2.24) is 9.55 Å². The summed E-state index contributed by atoms with van der Waals surface area (Å²) in [5, 5.41) is 10.00. The number of allylic oxidation sites excluding steroid dienone is 1. The summed E-state index contributed by atoms with van der Waals surface area (Å²) in [4.78, 5) is 4.73. The predicted molar refractivity (Wildman–Crippen MR) is 127 cm³/mol. The lowest BCUT2D eigenvalue weighted by molar-refractivity contribution is 0.284. The number of ether oxygens (including phenoxy) is 2. The Morgan fingerprint density at radius 2 is 1.91 bits per heavy atom. The van der Waals surface area contributed by atoms with E-state index in [1.165, 1.54) is 5.56 Å². The molecular formula is C27H25N3O2. The third-order valence-corrected chi connectivity index (χ3v) is 5.33. The van der Waals surface area contributed by atoms with E-state index in [-0.39, 0.29) is 0 Å². The molecule has 0 unspecified atom stereocenters. The van der Waals surface area contributed by atoms with E-state index in [2.05, 4.69) is 36.6 Å². The number of hydrogen-bond donors (Lipinski definition) is 0. The van der Waals surface area contributed by atoms with Crippen LogP contribution in [0, 0.1) is 18.3 Å². The molecule has 32 heavy (non-hydrogen) atoms. The van der Waals surface area contributed by atoms with Gasteiger partial charge in [0.25, 0.3) is 0 Å². The van der Waals surface area contributed by atoms with Crippen molar-refractivity contribution < 1.29 is 9.47 Å². The highest BCUT2D eigenvalue weighted by molar-refractivity contribution is 5.92. The molecule has 5 nitrogen and oxygen atoms in total. The van der Waals surface area contributed by atoms with Crippen LogP contribution in [0.3, 0.4) is 0 Å². The molecule has 0 amide bonds. The maximum Gasteiger partial charge on any atom is 0.168 e. The highest BCUT2D eigenvalue weighted by Crippen LogP contribution is 2.34. The van der Waals surface area contributed by atoms with Crippen LogP contribution in [0.15, 0.2) is 66.7 Å². The fourth-order valence-electron chi connectivity index (χ4n) is 3.82. The molecule has 1 heterocycles. The van der Waals surface area contributed by atoms with Gasteiger partial charge in [0.2, 0.25) is 0 Å². The van der Waals surface area contributed by atoms with E-state index in [4.69, 9.17) is 14.5 Å². The molecule has 0 saturated heterocycles. The Bertz CT molecular complexity index is 1330. The molecule has 0 aliphatic rings. The predicted octanol–water partition coefficient (Wildman–Crippen LogP) is 6.02. The third-order valence-electron chi connectivity index (χ3n) is 5.33. The van der Waals surface area contributed by atoms with Gasteiger partial charge in [0.05, 0.1) is 23.7 Å². The summed E-state index contributed by atoms with van der Waals surface area (Å²) in [6.45, 7) is 5.22. The molecule has 3 aromatic carbocycles. The molecular weight excluding hydrogens is 398 g/mol. The molecule has 5 heteroatoms. The van der Waals surface area contributed by atoms with Gasteiger partial charge in [0.15, 0.2) is 17.3 Å². The minimum absolute atomic E-state index is 0.401. The summed E-state index contributed by atoms with van der Waals surface area (Å²) in [7, 11) is 1.62. The zero-order valence-corrected chi connectivity index (χ0v) is 18.5. The maximum atomic E-state index is 10.00. The van der Waals surface area contributed by atoms with Crippen LogP contribution in [0.4, 0.5) is 0 Å². The SMILES string of the molecule is CCn1c(/C(C#N)=C\c2cccc(OC)c2OCc2cccc(C)c2)nc2ccccc21. The normalized spacial score (nSPS) is 11.4. The lowest BCUT2D eigenvalue weighted by Crippen LogP contribution is -2.02. The van der Waals surface area contributed by atoms with Gasteiger partial charge in [0.1, 0.15) is 12.7 Å². The van der Waals surface area contributed by atoms with Gasteiger partial charge in [0, 0.05) is 12.1 Å². The van der Waals surface area contributed by atoms with Crippen molar-refractivity contribution in [3.05, 3.63) is 89.2 Å². The fourth-order valence-corrected chi connectivity index (χ4v) is 3.82. The number of hydrogen-bond acceptors (Lipinski definition) is 4. The first-order valence-corrected chi connectivity index (χ1v) is 10.6. The lowest BCUT2D eigenvalue weighted by atomic mass is 10.1. The molecule has 1 aromatic heterocycles. The number of imidazole rings is 1. The Labute approximate surface area is 188 Å². The Balaban J connectivity index is 1.76. The molecule has 0 bridgehead atoms. The van der Waals surface area contributed by atoms with Crippen molar-refractivity contribution in [2.45, 2.75) is 27.0 Å². The van der Waals surface area contributed by atoms with Gasteiger partial charge in [-0.2, -0.15) is 5.26 Å². The van der Waals surface area contributed by atoms with E-state index in [0.29, 0.717) is 36.0 Å². The third kappa shape index (κ3) is 4.21. The summed E-state index contributed by atoms with van der Waals surface area (Å²) < 4.78 is 13.8. The summed E-state index contributed by atoms with van der Waals surface area (Å²) in [5.74, 6) is 1.86. The minimum atomic E-state index is 0.401. The molecule has 0 saturated carbocycles. The second-order valence-corrected chi connectivity index (χ2v) is 7.49. The molecule has 160 valence electrons. The van der Waals surface area contributed by atoms with Gasteiger partial charge < -0.3 is 14.0 Å². The minimum Gasteiger partial charge on any atom is -0.493 e. The van der Waals surface area contributed by atoms with Gasteiger partial charge in [-0.3, -0.25) is 0 Å². The second-order valence-electron chi connectivity index (χ2n) is 7.49. The van der Waals surface area contributed by atoms with E-state index in [9.17, 15) is 5.26 Å². The molecule has 0 aliphatic heterocycles. The fraction of sp³-hybridized carbons (Fsp3) is 0.185. The van der Waals surface area contributed by atoms with Crippen LogP contribution in [0.5, 0.6) is 11.5 Å². The van der Waals surface area contributed by atoms with E-state index in [1.807, 2.05) is 60.7 Å². The van der Waals surface area contributed by atoms with Crippen LogP contribution < -0.4 is 9.47 Å². The zero-order valence-electron chi connectivity index (χ0n) is 18.5. The molecule has 4 aromatic rings. The topological polar surface area (TPSA) is 60.1 Å². The number of methoxy groups -OCH3 is 1. The van der Waals surface area contributed by atoms with E-state index in [1.54, 1.807) is 7.11 Å². The van der Waals surface area contributed by atoms with Crippen molar-refractivity contribution in [2.75, 3.05) is 7.11 Å². The quantitative estimate of drug-likeness (QED) is 0.341. The standard InChI is InChI=1S/C27H25N3O2/c1-4-30-24-13-6-5-12-23(24)29-27(30)22(17-28)16-21-11-8-14-25(31-3)26(21)32-18-20-10-7-9-19(2)15-20/h5-16H,4,18H2,1-3H3/b22-16-. The van der Waals surface area contributed by atoms with E-state index < -0.39 is 0 Å². The number of nitriles is 1. The number of nitrogens with zero attached hydrogens (tertiary/aromatic N) is 3. The number of fused-ring (bicyclic) bond motifs is 1. The Morgan fingerprint density at radius 3 is 2.66 bits per heavy atom. The van der Waals surface area contributed by atoms with Gasteiger partial charge in [-0.25, -0.2) is 4.98 Å². The number of rotatable bonds is 7. The van der Waals surface area contributed by atoms with Crippen LogP contribution in [0.25, 0.3) is 22.7 Å². The number of para-hydroxylation sites is 3. The van der Waals surface area contributed by atoms with Crippen molar-refractivity contribution in [2.24, 2.45) is 0 Å². The number of benzene rings is 3. The Kier molecular flexibility index (Phi) is 6.23. The second kappa shape index (κ2) is 9.40. The van der Waals surface area contributed by atoms with E-state index >= 15 is 0 Å². The van der Waals surface area contributed by atoms with Gasteiger partial charge in [-0.15, -0.1) is 0 Å². The van der Waals surface area contributed by atoms with Crippen molar-refractivity contribution in [3.8, 4) is 17.6 Å². The molecule has 0 N–H and O–H groups in total. The van der Waals surface area contributed by atoms with Crippen LogP contribution in [-0.2, 0) is 13.2 Å². The summed E-state index contributed by atoms with van der Waals surface area (Å²) >= 11 is 0.